The van der Waals surface area contributed by atoms with Crippen LogP contribution in [-0.2, 0) is 0 Å². The number of piperidine rings is 2. The summed E-state index contributed by atoms with van der Waals surface area (Å²) in [5.41, 5.74) is 1.40. The van der Waals surface area contributed by atoms with Gasteiger partial charge in [-0.15, -0.1) is 0 Å². The van der Waals surface area contributed by atoms with Crippen molar-refractivity contribution in [2.75, 3.05) is 31.1 Å². The van der Waals surface area contributed by atoms with Crippen molar-refractivity contribution in [1.29, 1.82) is 0 Å². The lowest BCUT2D eigenvalue weighted by Crippen LogP contribution is -2.50. The van der Waals surface area contributed by atoms with Crippen LogP contribution < -0.4 is 4.90 Å². The monoisotopic (exact) mass is 384 g/mol. The summed E-state index contributed by atoms with van der Waals surface area (Å²) in [6.45, 7) is 7.46. The van der Waals surface area contributed by atoms with E-state index in [0.717, 1.165) is 12.0 Å². The molecule has 3 rings (SSSR count). The van der Waals surface area contributed by atoms with Gasteiger partial charge in [0.2, 0.25) is 0 Å². The number of hydrogen-bond donors (Lipinski definition) is 0. The molecule has 1 aromatic rings. The molecule has 0 unspecified atom stereocenters. The number of halogens is 1. The third kappa shape index (κ3) is 3.48. The molecule has 1 atom stereocenters. The lowest BCUT2D eigenvalue weighted by Gasteiger charge is -2.42. The van der Waals surface area contributed by atoms with Crippen LogP contribution in [0.15, 0.2) is 24.3 Å². The molecule has 0 N–H and O–H groups in total. The zero-order valence-corrected chi connectivity index (χ0v) is 14.6. The van der Waals surface area contributed by atoms with Crippen LogP contribution in [-0.4, -0.2) is 37.1 Å². The Morgan fingerprint density at radius 1 is 1.00 bits per heavy atom. The summed E-state index contributed by atoms with van der Waals surface area (Å²) in [7, 11) is 0. The van der Waals surface area contributed by atoms with E-state index in [4.69, 9.17) is 0 Å². The predicted octanol–water partition coefficient (Wildman–Crippen LogP) is 3.99. The second-order valence-corrected chi connectivity index (χ2v) is 7.68. The average Bonchev–Trinajstić information content (AvgIpc) is 2.49. The molecule has 0 aromatic heterocycles. The van der Waals surface area contributed by atoms with Gasteiger partial charge >= 0.3 is 0 Å². The third-order valence-corrected chi connectivity index (χ3v) is 5.64. The van der Waals surface area contributed by atoms with Gasteiger partial charge in [0.05, 0.1) is 0 Å². The van der Waals surface area contributed by atoms with Crippen molar-refractivity contribution >= 4 is 28.3 Å². The SMILES string of the molecule is CC1CCN([C@H]2CCCN(c3ccc(I)cc3)C2)CC1. The Hall–Kier alpha value is -0.290. The van der Waals surface area contributed by atoms with Gasteiger partial charge in [-0.2, -0.15) is 0 Å². The van der Waals surface area contributed by atoms with E-state index >= 15 is 0 Å². The topological polar surface area (TPSA) is 6.48 Å². The molecular formula is C17H25IN2. The molecule has 2 nitrogen and oxygen atoms in total. The maximum absolute atomic E-state index is 2.75. The van der Waals surface area contributed by atoms with E-state index in [9.17, 15) is 0 Å². The predicted molar refractivity (Wildman–Crippen MR) is 94.4 cm³/mol. The van der Waals surface area contributed by atoms with Crippen molar-refractivity contribution in [2.45, 2.75) is 38.6 Å². The van der Waals surface area contributed by atoms with Crippen LogP contribution in [0.1, 0.15) is 32.6 Å². The number of nitrogens with zero attached hydrogens (tertiary/aromatic N) is 2. The lowest BCUT2D eigenvalue weighted by atomic mass is 9.95. The van der Waals surface area contributed by atoms with Gasteiger partial charge in [0, 0.05) is 28.4 Å². The second kappa shape index (κ2) is 6.65. The van der Waals surface area contributed by atoms with E-state index in [1.165, 1.54) is 61.1 Å². The van der Waals surface area contributed by atoms with Gasteiger partial charge in [0.15, 0.2) is 0 Å². The zero-order valence-electron chi connectivity index (χ0n) is 12.4. The Balaban J connectivity index is 1.63. The van der Waals surface area contributed by atoms with Crippen LogP contribution in [0.3, 0.4) is 0 Å². The molecule has 110 valence electrons. The first kappa shape index (κ1) is 14.6. The molecular weight excluding hydrogens is 359 g/mol. The molecule has 20 heavy (non-hydrogen) atoms. The van der Waals surface area contributed by atoms with Crippen LogP contribution in [0.2, 0.25) is 0 Å². The molecule has 2 saturated heterocycles. The van der Waals surface area contributed by atoms with Gasteiger partial charge in [-0.05, 0) is 91.5 Å². The highest BCUT2D eigenvalue weighted by Crippen LogP contribution is 2.26. The van der Waals surface area contributed by atoms with Crippen LogP contribution >= 0.6 is 22.6 Å². The van der Waals surface area contributed by atoms with Crippen molar-refractivity contribution in [3.05, 3.63) is 27.8 Å². The van der Waals surface area contributed by atoms with Gasteiger partial charge in [0.25, 0.3) is 0 Å². The first-order chi connectivity index (χ1) is 9.72. The zero-order chi connectivity index (χ0) is 13.9. The van der Waals surface area contributed by atoms with Crippen molar-refractivity contribution in [3.8, 4) is 0 Å². The summed E-state index contributed by atoms with van der Waals surface area (Å²) in [4.78, 5) is 5.33. The largest absolute Gasteiger partial charge is 0.370 e. The minimum Gasteiger partial charge on any atom is -0.370 e. The maximum Gasteiger partial charge on any atom is 0.0367 e. The maximum atomic E-state index is 2.75. The normalized spacial score (nSPS) is 25.9. The quantitative estimate of drug-likeness (QED) is 0.712. The molecule has 0 spiro atoms. The molecule has 0 aliphatic carbocycles. The molecule has 2 aliphatic rings. The fourth-order valence-corrected chi connectivity index (χ4v) is 3.89. The summed E-state index contributed by atoms with van der Waals surface area (Å²) in [5.74, 6) is 0.933. The van der Waals surface area contributed by atoms with E-state index in [1.807, 2.05) is 0 Å². The number of rotatable bonds is 2. The molecule has 2 heterocycles. The summed E-state index contributed by atoms with van der Waals surface area (Å²) in [6, 6.07) is 9.78. The van der Waals surface area contributed by atoms with Crippen molar-refractivity contribution in [3.63, 3.8) is 0 Å². The Bertz CT molecular complexity index is 423. The fraction of sp³-hybridized carbons (Fsp3) is 0.647. The number of benzene rings is 1. The van der Waals surface area contributed by atoms with Crippen LogP contribution in [0.25, 0.3) is 0 Å². The van der Waals surface area contributed by atoms with Gasteiger partial charge in [-0.1, -0.05) is 6.92 Å². The number of hydrogen-bond acceptors (Lipinski definition) is 2. The lowest BCUT2D eigenvalue weighted by molar-refractivity contribution is 0.125. The highest BCUT2D eigenvalue weighted by molar-refractivity contribution is 14.1. The Labute approximate surface area is 136 Å². The van der Waals surface area contributed by atoms with Crippen LogP contribution in [0.4, 0.5) is 5.69 Å². The minimum atomic E-state index is 0.774. The highest BCUT2D eigenvalue weighted by atomic mass is 127. The highest BCUT2D eigenvalue weighted by Gasteiger charge is 2.27. The third-order valence-electron chi connectivity index (χ3n) is 4.92. The van der Waals surface area contributed by atoms with E-state index in [-0.39, 0.29) is 0 Å². The summed E-state index contributed by atoms with van der Waals surface area (Å²) < 4.78 is 1.32. The number of likely N-dealkylation sites (tertiary alicyclic amines) is 1. The summed E-state index contributed by atoms with van der Waals surface area (Å²) in [6.07, 6.45) is 5.50. The molecule has 0 radical (unpaired) electrons. The van der Waals surface area contributed by atoms with Gasteiger partial charge in [-0.3, -0.25) is 4.90 Å². The summed E-state index contributed by atoms with van der Waals surface area (Å²) in [5, 5.41) is 0. The fourth-order valence-electron chi connectivity index (χ4n) is 3.53. The number of anilines is 1. The molecule has 0 amide bonds. The smallest absolute Gasteiger partial charge is 0.0367 e. The minimum absolute atomic E-state index is 0.774. The Morgan fingerprint density at radius 3 is 2.40 bits per heavy atom. The average molecular weight is 384 g/mol. The van der Waals surface area contributed by atoms with E-state index in [0.29, 0.717) is 0 Å². The van der Waals surface area contributed by atoms with Crippen molar-refractivity contribution < 1.29 is 0 Å². The first-order valence-electron chi connectivity index (χ1n) is 7.97. The molecule has 2 aliphatic heterocycles. The standard InChI is InChI=1S/C17H25IN2/c1-14-8-11-19(12-9-14)17-3-2-10-20(13-17)16-6-4-15(18)5-7-16/h4-7,14,17H,2-3,8-13H2,1H3/t17-/m0/s1. The van der Waals surface area contributed by atoms with Gasteiger partial charge in [-0.25, -0.2) is 0 Å². The molecule has 0 saturated carbocycles. The summed E-state index contributed by atoms with van der Waals surface area (Å²) >= 11 is 2.38. The Kier molecular flexibility index (Phi) is 4.87. The first-order valence-corrected chi connectivity index (χ1v) is 9.05. The second-order valence-electron chi connectivity index (χ2n) is 6.44. The van der Waals surface area contributed by atoms with Crippen LogP contribution in [0.5, 0.6) is 0 Å². The van der Waals surface area contributed by atoms with Crippen molar-refractivity contribution in [1.82, 2.24) is 4.90 Å². The van der Waals surface area contributed by atoms with Crippen molar-refractivity contribution in [2.24, 2.45) is 5.92 Å². The molecule has 3 heteroatoms. The van der Waals surface area contributed by atoms with Gasteiger partial charge in [0.1, 0.15) is 0 Å². The molecule has 2 fully saturated rings. The Morgan fingerprint density at radius 2 is 1.70 bits per heavy atom. The molecule has 1 aromatic carbocycles. The van der Waals surface area contributed by atoms with Crippen LogP contribution in [0, 0.1) is 9.49 Å². The van der Waals surface area contributed by atoms with E-state index in [1.54, 1.807) is 0 Å². The van der Waals surface area contributed by atoms with E-state index in [2.05, 4.69) is 63.6 Å². The van der Waals surface area contributed by atoms with Gasteiger partial charge < -0.3 is 4.90 Å². The van der Waals surface area contributed by atoms with E-state index < -0.39 is 0 Å². The molecule has 0 bridgehead atoms.